The summed E-state index contributed by atoms with van der Waals surface area (Å²) in [5.74, 6) is 2.19. The lowest BCUT2D eigenvalue weighted by Crippen LogP contribution is -2.39. The number of hydrogen-bond acceptors (Lipinski definition) is 3. The van der Waals surface area contributed by atoms with Crippen molar-refractivity contribution in [3.63, 3.8) is 0 Å². The molecular weight excluding hydrogens is 302 g/mol. The average molecular weight is 323 g/mol. The summed E-state index contributed by atoms with van der Waals surface area (Å²) in [6, 6.07) is 16.9. The highest BCUT2D eigenvalue weighted by atomic mass is 16.5. The smallest absolute Gasteiger partial charge is 0.260 e. The van der Waals surface area contributed by atoms with E-state index in [4.69, 9.17) is 9.47 Å². The lowest BCUT2D eigenvalue weighted by Gasteiger charge is -2.27. The summed E-state index contributed by atoms with van der Waals surface area (Å²) < 4.78 is 11.3. The molecule has 0 unspecified atom stereocenters. The molecule has 0 radical (unpaired) electrons. The van der Waals surface area contributed by atoms with Crippen molar-refractivity contribution in [1.29, 1.82) is 0 Å². The summed E-state index contributed by atoms with van der Waals surface area (Å²) in [5, 5.41) is 0. The van der Waals surface area contributed by atoms with Gasteiger partial charge in [0.2, 0.25) is 0 Å². The second kappa shape index (κ2) is 7.68. The minimum atomic E-state index is 0.0205. The highest BCUT2D eigenvalue weighted by Gasteiger charge is 2.18. The van der Waals surface area contributed by atoms with Gasteiger partial charge in [0, 0.05) is 13.1 Å². The second-order valence-electron chi connectivity index (χ2n) is 5.81. The molecule has 0 aromatic heterocycles. The van der Waals surface area contributed by atoms with Crippen molar-refractivity contribution in [2.45, 2.75) is 12.8 Å². The van der Waals surface area contributed by atoms with E-state index in [-0.39, 0.29) is 12.5 Å². The Balaban J connectivity index is 1.49. The Morgan fingerprint density at radius 2 is 1.50 bits per heavy atom. The van der Waals surface area contributed by atoms with Crippen LogP contribution in [0.4, 0.5) is 0 Å². The van der Waals surface area contributed by atoms with Crippen LogP contribution < -0.4 is 9.47 Å². The van der Waals surface area contributed by atoms with E-state index in [1.54, 1.807) is 0 Å². The molecule has 0 N–H and O–H groups in total. The predicted molar refractivity (Wildman–Crippen MR) is 93.4 cm³/mol. The van der Waals surface area contributed by atoms with Gasteiger partial charge in [-0.3, -0.25) is 4.79 Å². The maximum atomic E-state index is 12.1. The molecule has 1 amide bonds. The summed E-state index contributed by atoms with van der Waals surface area (Å²) >= 11 is 0. The normalized spacial score (nSPS) is 14.3. The molecular formula is C20H21NO3. The molecule has 1 aliphatic heterocycles. The zero-order chi connectivity index (χ0) is 16.8. The molecule has 0 aliphatic carbocycles. The Labute approximate surface area is 142 Å². The summed E-state index contributed by atoms with van der Waals surface area (Å²) in [4.78, 5) is 14.0. The van der Waals surface area contributed by atoms with Gasteiger partial charge in [0.15, 0.2) is 6.61 Å². The Morgan fingerprint density at radius 3 is 2.17 bits per heavy atom. The number of likely N-dealkylation sites (tertiary alicyclic amines) is 1. The molecule has 1 aliphatic rings. The minimum absolute atomic E-state index is 0.0205. The number of hydrogen-bond donors (Lipinski definition) is 0. The van der Waals surface area contributed by atoms with Gasteiger partial charge in [-0.1, -0.05) is 30.4 Å². The SMILES string of the molecule is C=C1CCN(C(=O)COc2ccc(Oc3ccccc3)cc2)CC1. The zero-order valence-corrected chi connectivity index (χ0v) is 13.6. The highest BCUT2D eigenvalue weighted by molar-refractivity contribution is 5.78. The van der Waals surface area contributed by atoms with Gasteiger partial charge in [-0.2, -0.15) is 0 Å². The molecule has 1 fully saturated rings. The third-order valence-electron chi connectivity index (χ3n) is 3.99. The average Bonchev–Trinajstić information content (AvgIpc) is 2.62. The molecule has 0 saturated carbocycles. The standard InChI is InChI=1S/C20H21NO3/c1-16-11-13-21(14-12-16)20(22)15-23-17-7-9-19(10-8-17)24-18-5-3-2-4-6-18/h2-10H,1,11-15H2. The topological polar surface area (TPSA) is 38.8 Å². The van der Waals surface area contributed by atoms with Gasteiger partial charge < -0.3 is 14.4 Å². The number of amides is 1. The van der Waals surface area contributed by atoms with E-state index in [0.29, 0.717) is 5.75 Å². The molecule has 4 heteroatoms. The second-order valence-corrected chi connectivity index (χ2v) is 5.81. The Kier molecular flexibility index (Phi) is 5.16. The van der Waals surface area contributed by atoms with E-state index in [2.05, 4.69) is 6.58 Å². The number of benzene rings is 2. The van der Waals surface area contributed by atoms with Crippen LogP contribution in [0.2, 0.25) is 0 Å². The maximum absolute atomic E-state index is 12.1. The van der Waals surface area contributed by atoms with Gasteiger partial charge in [-0.05, 0) is 49.2 Å². The lowest BCUT2D eigenvalue weighted by molar-refractivity contribution is -0.133. The number of carbonyl (C=O) groups excluding carboxylic acids is 1. The first-order valence-electron chi connectivity index (χ1n) is 8.11. The van der Waals surface area contributed by atoms with E-state index < -0.39 is 0 Å². The van der Waals surface area contributed by atoms with Crippen LogP contribution in [0, 0.1) is 0 Å². The fourth-order valence-corrected chi connectivity index (χ4v) is 2.54. The van der Waals surface area contributed by atoms with Gasteiger partial charge in [0.25, 0.3) is 5.91 Å². The first-order chi connectivity index (χ1) is 11.7. The molecule has 2 aromatic carbocycles. The van der Waals surface area contributed by atoms with Crippen molar-refractivity contribution >= 4 is 5.91 Å². The maximum Gasteiger partial charge on any atom is 0.260 e. The third-order valence-corrected chi connectivity index (χ3v) is 3.99. The number of para-hydroxylation sites is 1. The van der Waals surface area contributed by atoms with Crippen LogP contribution >= 0.6 is 0 Å². The van der Waals surface area contributed by atoms with Crippen molar-refractivity contribution in [2.75, 3.05) is 19.7 Å². The van der Waals surface area contributed by atoms with Crippen LogP contribution in [0.1, 0.15) is 12.8 Å². The largest absolute Gasteiger partial charge is 0.484 e. The van der Waals surface area contributed by atoms with E-state index >= 15 is 0 Å². The summed E-state index contributed by atoms with van der Waals surface area (Å²) in [6.07, 6.45) is 1.77. The van der Waals surface area contributed by atoms with Crippen molar-refractivity contribution in [3.8, 4) is 17.2 Å². The monoisotopic (exact) mass is 323 g/mol. The number of nitrogens with zero attached hydrogens (tertiary/aromatic N) is 1. The molecule has 4 nitrogen and oxygen atoms in total. The Bertz CT molecular complexity index is 685. The predicted octanol–water partition coefficient (Wildman–Crippen LogP) is 4.04. The first kappa shape index (κ1) is 16.1. The molecule has 124 valence electrons. The highest BCUT2D eigenvalue weighted by Crippen LogP contribution is 2.23. The number of carbonyl (C=O) groups is 1. The van der Waals surface area contributed by atoms with Crippen LogP contribution in [-0.2, 0) is 4.79 Å². The molecule has 1 saturated heterocycles. The zero-order valence-electron chi connectivity index (χ0n) is 13.6. The lowest BCUT2D eigenvalue weighted by atomic mass is 10.1. The van der Waals surface area contributed by atoms with E-state index in [1.807, 2.05) is 59.5 Å². The fraction of sp³-hybridized carbons (Fsp3) is 0.250. The number of rotatable bonds is 5. The molecule has 0 spiro atoms. The molecule has 0 atom stereocenters. The van der Waals surface area contributed by atoms with Gasteiger partial charge in [-0.25, -0.2) is 0 Å². The quantitative estimate of drug-likeness (QED) is 0.780. The molecule has 1 heterocycles. The van der Waals surface area contributed by atoms with Crippen LogP contribution in [-0.4, -0.2) is 30.5 Å². The minimum Gasteiger partial charge on any atom is -0.484 e. The summed E-state index contributed by atoms with van der Waals surface area (Å²) in [7, 11) is 0. The van der Waals surface area contributed by atoms with Crippen LogP contribution in [0.5, 0.6) is 17.2 Å². The molecule has 24 heavy (non-hydrogen) atoms. The van der Waals surface area contributed by atoms with Gasteiger partial charge >= 0.3 is 0 Å². The van der Waals surface area contributed by atoms with E-state index in [1.165, 1.54) is 5.57 Å². The molecule has 0 bridgehead atoms. The van der Waals surface area contributed by atoms with E-state index in [9.17, 15) is 4.79 Å². The Morgan fingerprint density at radius 1 is 0.917 bits per heavy atom. The molecule has 2 aromatic rings. The number of piperidine rings is 1. The fourth-order valence-electron chi connectivity index (χ4n) is 2.54. The van der Waals surface area contributed by atoms with E-state index in [0.717, 1.165) is 37.4 Å². The van der Waals surface area contributed by atoms with Gasteiger partial charge in [-0.15, -0.1) is 0 Å². The Hall–Kier alpha value is -2.75. The van der Waals surface area contributed by atoms with Gasteiger partial charge in [0.1, 0.15) is 17.2 Å². The summed E-state index contributed by atoms with van der Waals surface area (Å²) in [6.45, 7) is 5.50. The van der Waals surface area contributed by atoms with Crippen molar-refractivity contribution in [2.24, 2.45) is 0 Å². The van der Waals surface area contributed by atoms with Crippen molar-refractivity contribution in [3.05, 3.63) is 66.7 Å². The van der Waals surface area contributed by atoms with Crippen LogP contribution in [0.25, 0.3) is 0 Å². The van der Waals surface area contributed by atoms with Crippen molar-refractivity contribution in [1.82, 2.24) is 4.90 Å². The first-order valence-corrected chi connectivity index (χ1v) is 8.11. The van der Waals surface area contributed by atoms with Gasteiger partial charge in [0.05, 0.1) is 0 Å². The van der Waals surface area contributed by atoms with Crippen molar-refractivity contribution < 1.29 is 14.3 Å². The molecule has 3 rings (SSSR count). The number of ether oxygens (including phenoxy) is 2. The third kappa shape index (κ3) is 4.38. The van der Waals surface area contributed by atoms with Crippen LogP contribution in [0.3, 0.4) is 0 Å². The summed E-state index contributed by atoms with van der Waals surface area (Å²) in [5.41, 5.74) is 1.22. The van der Waals surface area contributed by atoms with Crippen LogP contribution in [0.15, 0.2) is 66.7 Å².